The highest BCUT2D eigenvalue weighted by molar-refractivity contribution is 5.71. The van der Waals surface area contributed by atoms with Crippen molar-refractivity contribution in [3.63, 3.8) is 0 Å². The van der Waals surface area contributed by atoms with Crippen LogP contribution in [0.5, 0.6) is 0 Å². The molecule has 0 bridgehead atoms. The molecule has 0 fully saturated rings. The Labute approximate surface area is 83.9 Å². The summed E-state index contributed by atoms with van der Waals surface area (Å²) in [6.45, 7) is 1.92. The van der Waals surface area contributed by atoms with Crippen molar-refractivity contribution in [2.24, 2.45) is 0 Å². The predicted octanol–water partition coefficient (Wildman–Crippen LogP) is 1.93. The normalized spacial score (nSPS) is 15.8. The molecule has 2 nitrogen and oxygen atoms in total. The van der Waals surface area contributed by atoms with Gasteiger partial charge in [0.25, 0.3) is 0 Å². The van der Waals surface area contributed by atoms with Crippen LogP contribution in [0.1, 0.15) is 17.5 Å². The summed E-state index contributed by atoms with van der Waals surface area (Å²) in [6.07, 6.45) is 3.18. The maximum atomic E-state index is 8.96. The Kier molecular flexibility index (Phi) is 2.62. The first-order valence-corrected chi connectivity index (χ1v) is 4.81. The van der Waals surface area contributed by atoms with Gasteiger partial charge in [0.1, 0.15) is 0 Å². The van der Waals surface area contributed by atoms with Gasteiger partial charge in [0, 0.05) is 6.54 Å². The van der Waals surface area contributed by atoms with Gasteiger partial charge in [-0.05, 0) is 30.2 Å². The molecule has 2 rings (SSSR count). The molecule has 0 amide bonds. The van der Waals surface area contributed by atoms with Crippen molar-refractivity contribution in [3.8, 4) is 6.07 Å². The molecule has 0 aliphatic carbocycles. The predicted molar refractivity (Wildman–Crippen MR) is 56.6 cm³/mol. The van der Waals surface area contributed by atoms with Gasteiger partial charge >= 0.3 is 0 Å². The van der Waals surface area contributed by atoms with Gasteiger partial charge in [-0.2, -0.15) is 5.26 Å². The Morgan fingerprint density at radius 3 is 2.86 bits per heavy atom. The topological polar surface area (TPSA) is 35.8 Å². The van der Waals surface area contributed by atoms with Crippen LogP contribution in [0, 0.1) is 11.3 Å². The molecule has 1 aliphatic rings. The molecule has 1 heterocycles. The van der Waals surface area contributed by atoms with Crippen LogP contribution in [0.25, 0.3) is 5.57 Å². The van der Waals surface area contributed by atoms with Crippen LogP contribution in [0.3, 0.4) is 0 Å². The summed E-state index contributed by atoms with van der Waals surface area (Å²) in [6, 6.07) is 10.0. The third kappa shape index (κ3) is 1.68. The van der Waals surface area contributed by atoms with Gasteiger partial charge in [0.05, 0.1) is 11.6 Å². The number of hydrogen-bond donors (Lipinski definition) is 1. The second-order valence-corrected chi connectivity index (χ2v) is 3.34. The van der Waals surface area contributed by atoms with Crippen LogP contribution in [0.15, 0.2) is 30.3 Å². The fraction of sp³-hybridized carbons (Fsp3) is 0.250. The highest BCUT2D eigenvalue weighted by Crippen LogP contribution is 2.22. The quantitative estimate of drug-likeness (QED) is 0.724. The van der Waals surface area contributed by atoms with E-state index in [4.69, 9.17) is 5.26 Å². The van der Waals surface area contributed by atoms with E-state index in [2.05, 4.69) is 17.5 Å². The van der Waals surface area contributed by atoms with Crippen molar-refractivity contribution in [1.82, 2.24) is 5.32 Å². The maximum absolute atomic E-state index is 8.96. The maximum Gasteiger partial charge on any atom is 0.0998 e. The monoisotopic (exact) mass is 184 g/mol. The lowest BCUT2D eigenvalue weighted by Crippen LogP contribution is -2.20. The molecule has 0 radical (unpaired) electrons. The summed E-state index contributed by atoms with van der Waals surface area (Å²) in [4.78, 5) is 0. The third-order valence-electron chi connectivity index (χ3n) is 2.46. The fourth-order valence-electron chi connectivity index (χ4n) is 1.73. The van der Waals surface area contributed by atoms with Crippen molar-refractivity contribution in [3.05, 3.63) is 41.5 Å². The summed E-state index contributed by atoms with van der Waals surface area (Å²) in [7, 11) is 0. The zero-order chi connectivity index (χ0) is 9.80. The Hall–Kier alpha value is -1.59. The van der Waals surface area contributed by atoms with Crippen molar-refractivity contribution in [1.29, 1.82) is 5.26 Å². The minimum Gasteiger partial charge on any atom is -0.313 e. The van der Waals surface area contributed by atoms with Crippen LogP contribution >= 0.6 is 0 Å². The van der Waals surface area contributed by atoms with E-state index in [-0.39, 0.29) is 0 Å². The van der Waals surface area contributed by atoms with Gasteiger partial charge in [0.15, 0.2) is 0 Å². The van der Waals surface area contributed by atoms with Gasteiger partial charge in [0.2, 0.25) is 0 Å². The van der Waals surface area contributed by atoms with Crippen molar-refractivity contribution < 1.29 is 0 Å². The second kappa shape index (κ2) is 4.08. The molecule has 14 heavy (non-hydrogen) atoms. The smallest absolute Gasteiger partial charge is 0.0998 e. The third-order valence-corrected chi connectivity index (χ3v) is 2.46. The number of rotatable bonds is 1. The van der Waals surface area contributed by atoms with E-state index in [0.717, 1.165) is 30.6 Å². The molecule has 0 saturated carbocycles. The average molecular weight is 184 g/mol. The van der Waals surface area contributed by atoms with Crippen LogP contribution in [-0.4, -0.2) is 13.1 Å². The van der Waals surface area contributed by atoms with Gasteiger partial charge in [-0.15, -0.1) is 0 Å². The van der Waals surface area contributed by atoms with E-state index in [1.54, 1.807) is 0 Å². The summed E-state index contributed by atoms with van der Waals surface area (Å²) in [5.41, 5.74) is 3.16. The number of benzene rings is 1. The van der Waals surface area contributed by atoms with E-state index in [1.165, 1.54) is 5.57 Å². The van der Waals surface area contributed by atoms with E-state index < -0.39 is 0 Å². The van der Waals surface area contributed by atoms with Gasteiger partial charge < -0.3 is 5.32 Å². The number of hydrogen-bond acceptors (Lipinski definition) is 2. The van der Waals surface area contributed by atoms with E-state index in [0.29, 0.717) is 0 Å². The van der Waals surface area contributed by atoms with Crippen LogP contribution in [0.2, 0.25) is 0 Å². The highest BCUT2D eigenvalue weighted by atomic mass is 14.8. The molecule has 70 valence electrons. The zero-order valence-corrected chi connectivity index (χ0v) is 7.96. The average Bonchev–Trinajstić information content (AvgIpc) is 2.30. The molecule has 0 unspecified atom stereocenters. The van der Waals surface area contributed by atoms with Crippen LogP contribution < -0.4 is 5.32 Å². The Morgan fingerprint density at radius 2 is 2.14 bits per heavy atom. The van der Waals surface area contributed by atoms with Crippen LogP contribution in [-0.2, 0) is 0 Å². The minimum absolute atomic E-state index is 0.778. The van der Waals surface area contributed by atoms with Gasteiger partial charge in [-0.1, -0.05) is 24.3 Å². The molecule has 1 N–H and O–H groups in total. The number of nitriles is 1. The van der Waals surface area contributed by atoms with E-state index >= 15 is 0 Å². The molecule has 2 heteroatoms. The van der Waals surface area contributed by atoms with E-state index in [1.807, 2.05) is 24.3 Å². The summed E-state index contributed by atoms with van der Waals surface area (Å²) < 4.78 is 0. The molecule has 0 saturated heterocycles. The van der Waals surface area contributed by atoms with Crippen molar-refractivity contribution in [2.45, 2.75) is 6.42 Å². The Bertz CT molecular complexity index is 399. The minimum atomic E-state index is 0.778. The molecule has 1 aromatic carbocycles. The first-order chi connectivity index (χ1) is 6.92. The first kappa shape index (κ1) is 8.98. The molecule has 1 aromatic rings. The van der Waals surface area contributed by atoms with E-state index in [9.17, 15) is 0 Å². The molecule has 1 aliphatic heterocycles. The standard InChI is InChI=1S/C12H12N2/c13-9-11-3-1-2-4-12(11)10-5-7-14-8-6-10/h1-5,14H,6-8H2. The molecule has 0 aromatic heterocycles. The number of nitrogens with zero attached hydrogens (tertiary/aromatic N) is 1. The van der Waals surface area contributed by atoms with Crippen molar-refractivity contribution >= 4 is 5.57 Å². The lowest BCUT2D eigenvalue weighted by atomic mass is 9.96. The summed E-state index contributed by atoms with van der Waals surface area (Å²) in [5.74, 6) is 0. The molecule has 0 spiro atoms. The molecular formula is C12H12N2. The Balaban J connectivity index is 2.40. The first-order valence-electron chi connectivity index (χ1n) is 4.81. The fourth-order valence-corrected chi connectivity index (χ4v) is 1.73. The summed E-state index contributed by atoms with van der Waals surface area (Å²) in [5, 5.41) is 12.2. The summed E-state index contributed by atoms with van der Waals surface area (Å²) >= 11 is 0. The van der Waals surface area contributed by atoms with Gasteiger partial charge in [-0.3, -0.25) is 0 Å². The second-order valence-electron chi connectivity index (χ2n) is 3.34. The van der Waals surface area contributed by atoms with Crippen LogP contribution in [0.4, 0.5) is 0 Å². The highest BCUT2D eigenvalue weighted by Gasteiger charge is 2.08. The molecular weight excluding hydrogens is 172 g/mol. The molecule has 0 atom stereocenters. The lowest BCUT2D eigenvalue weighted by molar-refractivity contribution is 0.738. The Morgan fingerprint density at radius 1 is 1.29 bits per heavy atom. The SMILES string of the molecule is N#Cc1ccccc1C1=CCNCC1. The van der Waals surface area contributed by atoms with Crippen molar-refractivity contribution in [2.75, 3.05) is 13.1 Å². The lowest BCUT2D eigenvalue weighted by Gasteiger charge is -2.14. The largest absolute Gasteiger partial charge is 0.313 e. The number of nitrogens with one attached hydrogen (secondary N) is 1. The van der Waals surface area contributed by atoms with Gasteiger partial charge in [-0.25, -0.2) is 0 Å². The zero-order valence-electron chi connectivity index (χ0n) is 7.96.